The Balaban J connectivity index is 4.23. The minimum Gasteiger partial charge on any atom is -0.481 e. The average molecular weight is 415 g/mol. The first-order valence-electron chi connectivity index (χ1n) is 11.9. The maximum atomic E-state index is 12.2. The lowest BCUT2D eigenvalue weighted by molar-refractivity contribution is -0.870. The molecule has 0 aromatic heterocycles. The lowest BCUT2D eigenvalue weighted by atomic mass is 9.90. The van der Waals surface area contributed by atoms with Crippen LogP contribution >= 0.6 is 0 Å². The van der Waals surface area contributed by atoms with Crippen molar-refractivity contribution in [1.29, 1.82) is 0 Å². The van der Waals surface area contributed by atoms with Crippen molar-refractivity contribution in [3.8, 4) is 0 Å². The minimum absolute atomic E-state index is 0.109. The molecule has 0 bridgehead atoms. The summed E-state index contributed by atoms with van der Waals surface area (Å²) >= 11 is 0. The predicted molar refractivity (Wildman–Crippen MR) is 120 cm³/mol. The lowest BCUT2D eigenvalue weighted by Crippen LogP contribution is -2.38. The number of quaternary nitrogens is 1. The normalized spacial score (nSPS) is 13.8. The van der Waals surface area contributed by atoms with Crippen LogP contribution in [0.25, 0.3) is 0 Å². The lowest BCUT2D eigenvalue weighted by Gasteiger charge is -2.26. The monoisotopic (exact) mass is 414 g/mol. The van der Waals surface area contributed by atoms with Crippen LogP contribution in [0.1, 0.15) is 104 Å². The Morgan fingerprint density at radius 1 is 0.828 bits per heavy atom. The third kappa shape index (κ3) is 18.7. The zero-order valence-corrected chi connectivity index (χ0v) is 19.9. The van der Waals surface area contributed by atoms with Gasteiger partial charge in [-0.25, -0.2) is 0 Å². The van der Waals surface area contributed by atoms with Gasteiger partial charge in [-0.15, -0.1) is 0 Å². The quantitative estimate of drug-likeness (QED) is 0.165. The van der Waals surface area contributed by atoms with Crippen LogP contribution in [0.4, 0.5) is 0 Å². The number of rotatable bonds is 19. The molecule has 172 valence electrons. The Bertz CT molecular complexity index is 431. The van der Waals surface area contributed by atoms with Crippen LogP contribution in [0.15, 0.2) is 0 Å². The number of nitrogens with zero attached hydrogens (tertiary/aromatic N) is 1. The Morgan fingerprint density at radius 3 is 1.97 bits per heavy atom. The van der Waals surface area contributed by atoms with Gasteiger partial charge in [0.1, 0.15) is 6.10 Å². The Labute approximate surface area is 179 Å². The average Bonchev–Trinajstić information content (AvgIpc) is 2.62. The van der Waals surface area contributed by atoms with Crippen molar-refractivity contribution in [2.45, 2.75) is 110 Å². The molecule has 0 saturated heterocycles. The van der Waals surface area contributed by atoms with Crippen molar-refractivity contribution in [3.05, 3.63) is 0 Å². The molecule has 0 aliphatic heterocycles. The number of unbranched alkanes of at least 4 members (excludes halogenated alkanes) is 5. The number of hydrogen-bond acceptors (Lipinski definition) is 3. The number of ether oxygens (including phenoxy) is 1. The fraction of sp³-hybridized carbons (Fsp3) is 0.917. The largest absolute Gasteiger partial charge is 0.481 e. The molecule has 0 heterocycles. The molecule has 0 aromatic carbocycles. The molecule has 0 fully saturated rings. The van der Waals surface area contributed by atoms with Gasteiger partial charge in [-0.1, -0.05) is 78.1 Å². The van der Waals surface area contributed by atoms with Crippen molar-refractivity contribution >= 4 is 11.9 Å². The highest BCUT2D eigenvalue weighted by molar-refractivity contribution is 5.71. The Hall–Kier alpha value is -1.10. The molecule has 0 spiro atoms. The van der Waals surface area contributed by atoms with Crippen molar-refractivity contribution in [3.63, 3.8) is 0 Å². The molecule has 0 radical (unpaired) electrons. The van der Waals surface area contributed by atoms with E-state index in [0.29, 0.717) is 12.8 Å². The summed E-state index contributed by atoms with van der Waals surface area (Å²) in [6.07, 6.45) is 13.9. The highest BCUT2D eigenvalue weighted by Gasteiger charge is 2.21. The molecule has 1 N–H and O–H groups in total. The molecule has 0 saturated carbocycles. The highest BCUT2D eigenvalue weighted by atomic mass is 16.5. The third-order valence-electron chi connectivity index (χ3n) is 5.50. The summed E-state index contributed by atoms with van der Waals surface area (Å²) in [7, 11) is 6.16. The van der Waals surface area contributed by atoms with Gasteiger partial charge in [-0.3, -0.25) is 9.59 Å². The number of carboxylic acids is 1. The van der Waals surface area contributed by atoms with Crippen molar-refractivity contribution in [2.24, 2.45) is 5.92 Å². The Kier molecular flexibility index (Phi) is 16.0. The maximum absolute atomic E-state index is 12.2. The van der Waals surface area contributed by atoms with E-state index in [-0.39, 0.29) is 12.4 Å². The second-order valence-corrected chi connectivity index (χ2v) is 9.62. The molecule has 0 amide bonds. The van der Waals surface area contributed by atoms with E-state index in [1.54, 1.807) is 0 Å². The molecular weight excluding hydrogens is 366 g/mol. The van der Waals surface area contributed by atoms with E-state index in [1.165, 1.54) is 57.8 Å². The molecule has 0 rings (SSSR count). The van der Waals surface area contributed by atoms with Crippen LogP contribution in [-0.2, 0) is 14.3 Å². The van der Waals surface area contributed by atoms with Crippen LogP contribution in [0.5, 0.6) is 0 Å². The summed E-state index contributed by atoms with van der Waals surface area (Å²) in [6, 6.07) is 0. The molecule has 0 aromatic rings. The van der Waals surface area contributed by atoms with Gasteiger partial charge in [-0.2, -0.15) is 0 Å². The number of esters is 1. The fourth-order valence-corrected chi connectivity index (χ4v) is 3.66. The molecule has 5 nitrogen and oxygen atoms in total. The molecule has 2 unspecified atom stereocenters. The van der Waals surface area contributed by atoms with E-state index >= 15 is 0 Å². The highest BCUT2D eigenvalue weighted by Crippen LogP contribution is 2.23. The summed E-state index contributed by atoms with van der Waals surface area (Å²) in [5, 5.41) is 9.08. The summed E-state index contributed by atoms with van der Waals surface area (Å²) in [6.45, 7) is 5.27. The smallest absolute Gasteiger partial charge is 0.307 e. The zero-order chi connectivity index (χ0) is 22.1. The number of hydrogen-bond donors (Lipinski definition) is 1. The number of carboxylic acid groups (broad SMARTS) is 1. The molecule has 2 atom stereocenters. The molecule has 29 heavy (non-hydrogen) atoms. The second kappa shape index (κ2) is 16.7. The van der Waals surface area contributed by atoms with E-state index in [0.717, 1.165) is 29.8 Å². The maximum Gasteiger partial charge on any atom is 0.307 e. The van der Waals surface area contributed by atoms with E-state index < -0.39 is 12.1 Å². The van der Waals surface area contributed by atoms with E-state index in [4.69, 9.17) is 9.84 Å². The van der Waals surface area contributed by atoms with E-state index in [1.807, 2.05) is 0 Å². The number of aliphatic carboxylic acids is 1. The summed E-state index contributed by atoms with van der Waals surface area (Å²) in [4.78, 5) is 23.3. The van der Waals surface area contributed by atoms with Crippen LogP contribution < -0.4 is 0 Å². The van der Waals surface area contributed by atoms with Gasteiger partial charge < -0.3 is 14.3 Å². The predicted octanol–water partition coefficient (Wildman–Crippen LogP) is 5.81. The first-order valence-corrected chi connectivity index (χ1v) is 11.9. The molecule has 0 aliphatic rings. The van der Waals surface area contributed by atoms with Gasteiger partial charge in [0.2, 0.25) is 0 Å². The van der Waals surface area contributed by atoms with Gasteiger partial charge in [0.25, 0.3) is 0 Å². The van der Waals surface area contributed by atoms with E-state index in [9.17, 15) is 9.59 Å². The zero-order valence-electron chi connectivity index (χ0n) is 19.9. The number of carbonyl (C=O) groups excluding carboxylic acids is 1. The topological polar surface area (TPSA) is 63.6 Å². The van der Waals surface area contributed by atoms with Gasteiger partial charge in [0.05, 0.1) is 34.1 Å². The van der Waals surface area contributed by atoms with Gasteiger partial charge in [-0.05, 0) is 12.3 Å². The Morgan fingerprint density at radius 2 is 1.41 bits per heavy atom. The van der Waals surface area contributed by atoms with E-state index in [2.05, 4.69) is 35.0 Å². The van der Waals surface area contributed by atoms with Crippen LogP contribution in [0, 0.1) is 5.92 Å². The summed E-state index contributed by atoms with van der Waals surface area (Å²) in [5.41, 5.74) is 0. The van der Waals surface area contributed by atoms with Gasteiger partial charge >= 0.3 is 11.9 Å². The second-order valence-electron chi connectivity index (χ2n) is 9.62. The third-order valence-corrected chi connectivity index (χ3v) is 5.50. The minimum atomic E-state index is -0.911. The van der Waals surface area contributed by atoms with Gasteiger partial charge in [0.15, 0.2) is 0 Å². The van der Waals surface area contributed by atoms with Gasteiger partial charge in [0, 0.05) is 12.8 Å². The SMILES string of the molecule is CCCCCCC(CCCC)CCCCC(=O)OC(CC[N+](C)(C)C)CC(=O)O. The van der Waals surface area contributed by atoms with Crippen LogP contribution in [0.3, 0.4) is 0 Å². The first-order chi connectivity index (χ1) is 13.7. The van der Waals surface area contributed by atoms with Crippen molar-refractivity contribution < 1.29 is 23.9 Å². The fourth-order valence-electron chi connectivity index (χ4n) is 3.66. The number of carbonyl (C=O) groups is 2. The molecular formula is C24H48NO4+. The van der Waals surface area contributed by atoms with Crippen molar-refractivity contribution in [2.75, 3.05) is 27.7 Å². The molecule has 5 heteroatoms. The molecule has 0 aliphatic carbocycles. The summed E-state index contributed by atoms with van der Waals surface area (Å²) < 4.78 is 6.22. The standard InChI is InChI=1S/C24H47NO4/c1-6-8-10-11-15-21(14-9-7-2)16-12-13-17-24(28)29-22(20-23(26)27)18-19-25(3,4)5/h21-22H,6-20H2,1-5H3/p+1. The van der Waals surface area contributed by atoms with Crippen molar-refractivity contribution in [1.82, 2.24) is 0 Å². The van der Waals surface area contributed by atoms with Crippen LogP contribution in [0.2, 0.25) is 0 Å². The first kappa shape index (κ1) is 27.9. The van der Waals surface area contributed by atoms with Crippen LogP contribution in [-0.4, -0.2) is 55.3 Å². The summed E-state index contributed by atoms with van der Waals surface area (Å²) in [5.74, 6) is -0.371.